The van der Waals surface area contributed by atoms with E-state index >= 15 is 0 Å². The van der Waals surface area contributed by atoms with Crippen LogP contribution in [0.1, 0.15) is 42.5 Å². The first-order chi connectivity index (χ1) is 9.51. The predicted molar refractivity (Wildman–Crippen MR) is 77.7 cm³/mol. The van der Waals surface area contributed by atoms with Gasteiger partial charge in [0.2, 0.25) is 0 Å². The molecule has 0 saturated heterocycles. The molecule has 0 bridgehead atoms. The van der Waals surface area contributed by atoms with Crippen LogP contribution in [0.5, 0.6) is 0 Å². The van der Waals surface area contributed by atoms with Crippen LogP contribution in [0, 0.1) is 12.8 Å². The highest BCUT2D eigenvalue weighted by molar-refractivity contribution is 6.02. The fourth-order valence-electron chi connectivity index (χ4n) is 2.08. The molecule has 2 heterocycles. The number of aromatic amines is 1. The lowest BCUT2D eigenvalue weighted by Crippen LogP contribution is -2.16. The van der Waals surface area contributed by atoms with E-state index in [2.05, 4.69) is 34.5 Å². The molecule has 1 amide bonds. The minimum absolute atomic E-state index is 0.213. The molecule has 2 aromatic heterocycles. The highest BCUT2D eigenvalue weighted by Crippen LogP contribution is 2.15. The lowest BCUT2D eigenvalue weighted by molar-refractivity contribution is 0.102. The van der Waals surface area contributed by atoms with Crippen molar-refractivity contribution in [3.8, 4) is 0 Å². The summed E-state index contributed by atoms with van der Waals surface area (Å²) in [7, 11) is 0. The van der Waals surface area contributed by atoms with E-state index in [1.54, 1.807) is 16.9 Å². The second-order valence-electron chi connectivity index (χ2n) is 5.32. The quantitative estimate of drug-likeness (QED) is 0.879. The molecule has 20 heavy (non-hydrogen) atoms. The van der Waals surface area contributed by atoms with Crippen LogP contribution in [0.4, 0.5) is 5.82 Å². The molecule has 2 N–H and O–H groups in total. The van der Waals surface area contributed by atoms with Crippen molar-refractivity contribution in [3.05, 3.63) is 29.2 Å². The van der Waals surface area contributed by atoms with Crippen LogP contribution in [-0.2, 0) is 13.0 Å². The summed E-state index contributed by atoms with van der Waals surface area (Å²) in [5, 5.41) is 14.0. The molecule has 0 atom stereocenters. The van der Waals surface area contributed by atoms with Gasteiger partial charge in [-0.05, 0) is 32.3 Å². The first-order valence-electron chi connectivity index (χ1n) is 6.89. The SMILES string of the molecule is CCn1ncc(C)c1NC(=O)c1cc(CC(C)C)[nH]n1. The van der Waals surface area contributed by atoms with E-state index in [0.717, 1.165) is 23.5 Å². The minimum Gasteiger partial charge on any atom is -0.305 e. The van der Waals surface area contributed by atoms with Gasteiger partial charge in [-0.25, -0.2) is 4.68 Å². The van der Waals surface area contributed by atoms with Gasteiger partial charge in [-0.3, -0.25) is 9.89 Å². The minimum atomic E-state index is -0.213. The summed E-state index contributed by atoms with van der Waals surface area (Å²) < 4.78 is 1.76. The number of rotatable bonds is 5. The van der Waals surface area contributed by atoms with Gasteiger partial charge in [0, 0.05) is 17.8 Å². The molecule has 0 aliphatic carbocycles. The third kappa shape index (κ3) is 3.07. The Morgan fingerprint density at radius 2 is 2.25 bits per heavy atom. The van der Waals surface area contributed by atoms with Crippen molar-refractivity contribution in [1.82, 2.24) is 20.0 Å². The van der Waals surface area contributed by atoms with Crippen LogP contribution in [0.15, 0.2) is 12.3 Å². The second-order valence-corrected chi connectivity index (χ2v) is 5.32. The fraction of sp³-hybridized carbons (Fsp3) is 0.500. The summed E-state index contributed by atoms with van der Waals surface area (Å²) in [5.74, 6) is 1.04. The molecule has 0 aliphatic rings. The summed E-state index contributed by atoms with van der Waals surface area (Å²) in [4.78, 5) is 12.2. The number of hydrogen-bond donors (Lipinski definition) is 2. The molecule has 6 heteroatoms. The summed E-state index contributed by atoms with van der Waals surface area (Å²) in [5.41, 5.74) is 2.33. The smallest absolute Gasteiger partial charge is 0.277 e. The van der Waals surface area contributed by atoms with Crippen LogP contribution in [-0.4, -0.2) is 25.9 Å². The van der Waals surface area contributed by atoms with Crippen molar-refractivity contribution in [1.29, 1.82) is 0 Å². The van der Waals surface area contributed by atoms with Crippen molar-refractivity contribution >= 4 is 11.7 Å². The number of amides is 1. The zero-order valence-corrected chi connectivity index (χ0v) is 12.4. The van der Waals surface area contributed by atoms with E-state index in [4.69, 9.17) is 0 Å². The van der Waals surface area contributed by atoms with Gasteiger partial charge in [-0.2, -0.15) is 10.2 Å². The van der Waals surface area contributed by atoms with E-state index in [0.29, 0.717) is 18.2 Å². The molecule has 0 unspecified atom stereocenters. The van der Waals surface area contributed by atoms with Gasteiger partial charge >= 0.3 is 0 Å². The number of anilines is 1. The number of hydrogen-bond acceptors (Lipinski definition) is 3. The Morgan fingerprint density at radius 3 is 2.90 bits per heavy atom. The number of nitrogens with one attached hydrogen (secondary N) is 2. The van der Waals surface area contributed by atoms with E-state index in [-0.39, 0.29) is 5.91 Å². The van der Waals surface area contributed by atoms with Crippen molar-refractivity contribution in [2.24, 2.45) is 5.92 Å². The van der Waals surface area contributed by atoms with E-state index in [1.807, 2.05) is 13.8 Å². The predicted octanol–water partition coefficient (Wildman–Crippen LogP) is 2.39. The Hall–Kier alpha value is -2.11. The number of carbonyl (C=O) groups is 1. The highest BCUT2D eigenvalue weighted by atomic mass is 16.2. The molecule has 2 aromatic rings. The first kappa shape index (κ1) is 14.3. The number of aryl methyl sites for hydroxylation is 2. The summed E-state index contributed by atoms with van der Waals surface area (Å²) in [6.07, 6.45) is 2.63. The first-order valence-corrected chi connectivity index (χ1v) is 6.89. The number of nitrogens with zero attached hydrogens (tertiary/aromatic N) is 3. The zero-order chi connectivity index (χ0) is 14.7. The summed E-state index contributed by atoms with van der Waals surface area (Å²) in [6, 6.07) is 1.80. The standard InChI is InChI=1S/C14H21N5O/c1-5-19-13(10(4)8-15-19)16-14(20)12-7-11(17-18-12)6-9(2)3/h7-9H,5-6H2,1-4H3,(H,16,20)(H,17,18). The molecular formula is C14H21N5O. The van der Waals surface area contributed by atoms with Crippen LogP contribution in [0.3, 0.4) is 0 Å². The number of H-pyrrole nitrogens is 1. The molecule has 0 aliphatic heterocycles. The van der Waals surface area contributed by atoms with Gasteiger partial charge in [0.1, 0.15) is 5.82 Å². The Morgan fingerprint density at radius 1 is 1.50 bits per heavy atom. The molecule has 0 radical (unpaired) electrons. The molecule has 0 saturated carbocycles. The van der Waals surface area contributed by atoms with Crippen LogP contribution in [0.25, 0.3) is 0 Å². The summed E-state index contributed by atoms with van der Waals surface area (Å²) >= 11 is 0. The van der Waals surface area contributed by atoms with Crippen molar-refractivity contribution < 1.29 is 4.79 Å². The Labute approximate surface area is 118 Å². The third-order valence-electron chi connectivity index (χ3n) is 3.05. The van der Waals surface area contributed by atoms with Crippen LogP contribution < -0.4 is 5.32 Å². The van der Waals surface area contributed by atoms with E-state index in [9.17, 15) is 4.79 Å². The average molecular weight is 275 g/mol. The molecule has 2 rings (SSSR count). The second kappa shape index (κ2) is 5.90. The lowest BCUT2D eigenvalue weighted by atomic mass is 10.1. The maximum absolute atomic E-state index is 12.2. The monoisotopic (exact) mass is 275 g/mol. The molecular weight excluding hydrogens is 254 g/mol. The van der Waals surface area contributed by atoms with Crippen molar-refractivity contribution in [3.63, 3.8) is 0 Å². The van der Waals surface area contributed by atoms with Crippen LogP contribution in [0.2, 0.25) is 0 Å². The number of aromatic nitrogens is 4. The Kier molecular flexibility index (Phi) is 4.22. The van der Waals surface area contributed by atoms with Gasteiger partial charge in [-0.1, -0.05) is 13.8 Å². The largest absolute Gasteiger partial charge is 0.305 e. The topological polar surface area (TPSA) is 75.6 Å². The van der Waals surface area contributed by atoms with Gasteiger partial charge in [0.25, 0.3) is 5.91 Å². The van der Waals surface area contributed by atoms with Crippen LogP contribution >= 0.6 is 0 Å². The molecule has 0 spiro atoms. The van der Waals surface area contributed by atoms with Gasteiger partial charge in [-0.15, -0.1) is 0 Å². The lowest BCUT2D eigenvalue weighted by Gasteiger charge is -2.06. The maximum atomic E-state index is 12.2. The molecule has 0 aromatic carbocycles. The molecule has 0 fully saturated rings. The fourth-order valence-corrected chi connectivity index (χ4v) is 2.08. The van der Waals surface area contributed by atoms with Gasteiger partial charge in [0.05, 0.1) is 6.20 Å². The van der Waals surface area contributed by atoms with Gasteiger partial charge in [0.15, 0.2) is 5.69 Å². The van der Waals surface area contributed by atoms with Crippen molar-refractivity contribution in [2.75, 3.05) is 5.32 Å². The van der Waals surface area contributed by atoms with E-state index < -0.39 is 0 Å². The molecule has 6 nitrogen and oxygen atoms in total. The van der Waals surface area contributed by atoms with Gasteiger partial charge < -0.3 is 5.32 Å². The third-order valence-corrected chi connectivity index (χ3v) is 3.05. The number of carbonyl (C=O) groups excluding carboxylic acids is 1. The highest BCUT2D eigenvalue weighted by Gasteiger charge is 2.15. The molecule has 108 valence electrons. The normalized spacial score (nSPS) is 11.1. The van der Waals surface area contributed by atoms with Crippen molar-refractivity contribution in [2.45, 2.75) is 40.7 Å². The Balaban J connectivity index is 2.12. The summed E-state index contributed by atoms with van der Waals surface area (Å²) in [6.45, 7) is 8.87. The Bertz CT molecular complexity index is 596. The zero-order valence-electron chi connectivity index (χ0n) is 12.4. The maximum Gasteiger partial charge on any atom is 0.277 e. The average Bonchev–Trinajstić information content (AvgIpc) is 2.97. The van der Waals surface area contributed by atoms with E-state index in [1.165, 1.54) is 0 Å².